The van der Waals surface area contributed by atoms with Crippen molar-refractivity contribution >= 4 is 41.8 Å². The average Bonchev–Trinajstić information content (AvgIpc) is 2.65. The fraction of sp³-hybridized carbons (Fsp3) is 0.625. The summed E-state index contributed by atoms with van der Waals surface area (Å²) in [5, 5.41) is 9.13. The molecule has 1 amide bonds. The van der Waals surface area contributed by atoms with E-state index in [1.807, 2.05) is 4.90 Å². The van der Waals surface area contributed by atoms with E-state index in [0.29, 0.717) is 19.0 Å². The Kier molecular flexibility index (Phi) is 10.4. The number of alkyl halides is 3. The lowest BCUT2D eigenvalue weighted by atomic mass is 10.1. The molecule has 1 saturated heterocycles. The van der Waals surface area contributed by atoms with Crippen LogP contribution in [0.5, 0.6) is 0 Å². The van der Waals surface area contributed by atoms with Gasteiger partial charge in [0.1, 0.15) is 5.69 Å². The van der Waals surface area contributed by atoms with Gasteiger partial charge < -0.3 is 21.7 Å². The van der Waals surface area contributed by atoms with Gasteiger partial charge in [0.05, 0.1) is 6.54 Å². The summed E-state index contributed by atoms with van der Waals surface area (Å²) in [5.74, 6) is 0.183. The zero-order valence-electron chi connectivity index (χ0n) is 16.0. The molecule has 5 N–H and O–H groups in total. The molecule has 13 heteroatoms. The fourth-order valence-electron chi connectivity index (χ4n) is 2.80. The van der Waals surface area contributed by atoms with Crippen LogP contribution in [0.2, 0.25) is 0 Å². The standard InChI is InChI=1S/C16H25F3N8O.HI/c1-21-14(25-11-3-8-27(9-4-11)10-13(20)28)23-6-7-24-15-22-5-2-12(26-15)16(17,18)19;/h2,5,11H,3-4,6-10H2,1H3,(H2,20,28)(H2,21,23,25)(H,22,24,26);1H. The van der Waals surface area contributed by atoms with Gasteiger partial charge in [0, 0.05) is 45.5 Å². The molecule has 0 unspecified atom stereocenters. The van der Waals surface area contributed by atoms with E-state index >= 15 is 0 Å². The first-order valence-corrected chi connectivity index (χ1v) is 8.90. The van der Waals surface area contributed by atoms with E-state index in [1.165, 1.54) is 0 Å². The summed E-state index contributed by atoms with van der Waals surface area (Å²) in [6.45, 7) is 2.54. The number of likely N-dealkylation sites (tertiary alicyclic amines) is 1. The van der Waals surface area contributed by atoms with E-state index in [2.05, 4.69) is 30.9 Å². The zero-order chi connectivity index (χ0) is 20.6. The van der Waals surface area contributed by atoms with Crippen LogP contribution < -0.4 is 21.7 Å². The van der Waals surface area contributed by atoms with Gasteiger partial charge in [0.15, 0.2) is 5.96 Å². The largest absolute Gasteiger partial charge is 0.433 e. The van der Waals surface area contributed by atoms with Gasteiger partial charge in [-0.1, -0.05) is 0 Å². The molecule has 9 nitrogen and oxygen atoms in total. The van der Waals surface area contributed by atoms with Crippen LogP contribution in [-0.4, -0.2) is 72.5 Å². The van der Waals surface area contributed by atoms with Crippen molar-refractivity contribution < 1.29 is 18.0 Å². The van der Waals surface area contributed by atoms with Crippen LogP contribution in [0.25, 0.3) is 0 Å². The lowest BCUT2D eigenvalue weighted by molar-refractivity contribution is -0.141. The minimum atomic E-state index is -4.50. The maximum absolute atomic E-state index is 12.6. The van der Waals surface area contributed by atoms with Gasteiger partial charge in [0.2, 0.25) is 11.9 Å². The van der Waals surface area contributed by atoms with Crippen LogP contribution in [0.4, 0.5) is 19.1 Å². The van der Waals surface area contributed by atoms with Gasteiger partial charge in [0.25, 0.3) is 0 Å². The summed E-state index contributed by atoms with van der Waals surface area (Å²) in [6.07, 6.45) is -1.73. The maximum Gasteiger partial charge on any atom is 0.433 e. The van der Waals surface area contributed by atoms with Crippen LogP contribution in [0.1, 0.15) is 18.5 Å². The number of hydrogen-bond acceptors (Lipinski definition) is 6. The highest BCUT2D eigenvalue weighted by atomic mass is 127. The number of nitrogens with two attached hydrogens (primary N) is 1. The second-order valence-corrected chi connectivity index (χ2v) is 6.35. The smallest absolute Gasteiger partial charge is 0.369 e. The van der Waals surface area contributed by atoms with Crippen LogP contribution in [-0.2, 0) is 11.0 Å². The number of carbonyl (C=O) groups excluding carboxylic acids is 1. The molecule has 0 spiro atoms. The number of aliphatic imine (C=N–C) groups is 1. The third-order valence-electron chi connectivity index (χ3n) is 4.18. The first-order chi connectivity index (χ1) is 13.3. The first kappa shape index (κ1) is 25.1. The number of nitrogens with one attached hydrogen (secondary N) is 3. The highest BCUT2D eigenvalue weighted by molar-refractivity contribution is 14.0. The summed E-state index contributed by atoms with van der Waals surface area (Å²) in [6, 6.07) is 1.04. The molecule has 0 bridgehead atoms. The molecule has 1 aliphatic heterocycles. The summed E-state index contributed by atoms with van der Waals surface area (Å²) >= 11 is 0. The zero-order valence-corrected chi connectivity index (χ0v) is 18.3. The number of carbonyl (C=O) groups is 1. The Morgan fingerprint density at radius 1 is 1.34 bits per heavy atom. The second-order valence-electron chi connectivity index (χ2n) is 6.35. The van der Waals surface area contributed by atoms with E-state index in [-0.39, 0.29) is 48.4 Å². The summed E-state index contributed by atoms with van der Waals surface area (Å²) in [4.78, 5) is 24.3. The number of guanidine groups is 1. The van der Waals surface area contributed by atoms with Crippen molar-refractivity contribution in [2.45, 2.75) is 25.1 Å². The molecule has 1 fully saturated rings. The maximum atomic E-state index is 12.6. The van der Waals surface area contributed by atoms with Gasteiger partial charge in [-0.3, -0.25) is 14.7 Å². The molecule has 2 heterocycles. The Hall–Kier alpha value is -1.90. The molecule has 2 rings (SSSR count). The fourth-order valence-corrected chi connectivity index (χ4v) is 2.80. The third-order valence-corrected chi connectivity index (χ3v) is 4.18. The SMILES string of the molecule is CN=C(NCCNc1nccc(C(F)(F)F)n1)NC1CCN(CC(N)=O)CC1.I. The normalized spacial score (nSPS) is 16.1. The van der Waals surface area contributed by atoms with Gasteiger partial charge in [-0.2, -0.15) is 13.2 Å². The Morgan fingerprint density at radius 3 is 2.62 bits per heavy atom. The molecule has 0 atom stereocenters. The minimum Gasteiger partial charge on any atom is -0.369 e. The Labute approximate surface area is 184 Å². The second kappa shape index (κ2) is 11.9. The number of amides is 1. The van der Waals surface area contributed by atoms with Crippen molar-refractivity contribution in [2.75, 3.05) is 45.1 Å². The topological polar surface area (TPSA) is 121 Å². The molecule has 0 aliphatic carbocycles. The van der Waals surface area contributed by atoms with Crippen molar-refractivity contribution in [3.05, 3.63) is 18.0 Å². The average molecular weight is 530 g/mol. The Bertz CT molecular complexity index is 680. The monoisotopic (exact) mass is 530 g/mol. The summed E-state index contributed by atoms with van der Waals surface area (Å²) in [5.41, 5.74) is 4.22. The highest BCUT2D eigenvalue weighted by Gasteiger charge is 2.32. The predicted molar refractivity (Wildman–Crippen MR) is 114 cm³/mol. The van der Waals surface area contributed by atoms with Crippen LogP contribution in [0.3, 0.4) is 0 Å². The Balaban J connectivity index is 0.00000420. The van der Waals surface area contributed by atoms with Crippen molar-refractivity contribution in [3.63, 3.8) is 0 Å². The number of nitrogens with zero attached hydrogens (tertiary/aromatic N) is 4. The lowest BCUT2D eigenvalue weighted by Gasteiger charge is -2.32. The molecule has 0 radical (unpaired) electrons. The number of hydrogen-bond donors (Lipinski definition) is 4. The first-order valence-electron chi connectivity index (χ1n) is 8.90. The van der Waals surface area contributed by atoms with Crippen molar-refractivity contribution in [2.24, 2.45) is 10.7 Å². The van der Waals surface area contributed by atoms with Gasteiger partial charge in [-0.05, 0) is 18.9 Å². The molecular weight excluding hydrogens is 504 g/mol. The third kappa shape index (κ3) is 8.97. The number of aromatic nitrogens is 2. The number of halogens is 4. The van der Waals surface area contributed by atoms with Crippen molar-refractivity contribution in [1.82, 2.24) is 25.5 Å². The van der Waals surface area contributed by atoms with Crippen LogP contribution in [0.15, 0.2) is 17.3 Å². The number of rotatable bonds is 7. The summed E-state index contributed by atoms with van der Waals surface area (Å²) in [7, 11) is 1.64. The molecule has 0 aromatic carbocycles. The van der Waals surface area contributed by atoms with Crippen LogP contribution >= 0.6 is 24.0 Å². The van der Waals surface area contributed by atoms with Gasteiger partial charge in [-0.25, -0.2) is 9.97 Å². The quantitative estimate of drug-likeness (QED) is 0.177. The van der Waals surface area contributed by atoms with E-state index in [9.17, 15) is 18.0 Å². The number of anilines is 1. The number of piperidine rings is 1. The molecule has 164 valence electrons. The lowest BCUT2D eigenvalue weighted by Crippen LogP contribution is -2.50. The highest BCUT2D eigenvalue weighted by Crippen LogP contribution is 2.27. The van der Waals surface area contributed by atoms with Crippen LogP contribution in [0, 0.1) is 0 Å². The van der Waals surface area contributed by atoms with Crippen molar-refractivity contribution in [3.8, 4) is 0 Å². The van der Waals surface area contributed by atoms with E-state index in [1.54, 1.807) is 7.05 Å². The molecule has 1 aromatic heterocycles. The van der Waals surface area contributed by atoms with E-state index in [0.717, 1.165) is 38.2 Å². The van der Waals surface area contributed by atoms with Gasteiger partial charge in [-0.15, -0.1) is 24.0 Å². The van der Waals surface area contributed by atoms with Crippen molar-refractivity contribution in [1.29, 1.82) is 0 Å². The predicted octanol–water partition coefficient (Wildman–Crippen LogP) is 0.640. The van der Waals surface area contributed by atoms with E-state index in [4.69, 9.17) is 5.73 Å². The Morgan fingerprint density at radius 2 is 2.03 bits per heavy atom. The van der Waals surface area contributed by atoms with Gasteiger partial charge >= 0.3 is 6.18 Å². The van der Waals surface area contributed by atoms with E-state index < -0.39 is 11.9 Å². The molecule has 0 saturated carbocycles. The molecule has 1 aliphatic rings. The molecule has 1 aromatic rings. The minimum absolute atomic E-state index is 0. The summed E-state index contributed by atoms with van der Waals surface area (Å²) < 4.78 is 37.9. The molecular formula is C16H26F3IN8O. The number of primary amides is 1. The molecule has 29 heavy (non-hydrogen) atoms.